The molecule has 0 fully saturated rings. The van der Waals surface area contributed by atoms with E-state index in [1.54, 1.807) is 12.1 Å². The maximum atomic E-state index is 12.8. The van der Waals surface area contributed by atoms with Gasteiger partial charge in [-0.05, 0) is 48.5 Å². The third-order valence-electron chi connectivity index (χ3n) is 4.03. The molecule has 160 valence electrons. The highest BCUT2D eigenvalue weighted by molar-refractivity contribution is 7.92. The molecular formula is C20H17ClN4O5S. The number of carbonyl (C=O) groups is 2. The van der Waals surface area contributed by atoms with E-state index >= 15 is 0 Å². The van der Waals surface area contributed by atoms with Crippen LogP contribution >= 0.6 is 11.6 Å². The van der Waals surface area contributed by atoms with Crippen LogP contribution in [0.25, 0.3) is 0 Å². The summed E-state index contributed by atoms with van der Waals surface area (Å²) in [6, 6.07) is 12.9. The van der Waals surface area contributed by atoms with Gasteiger partial charge in [0.15, 0.2) is 0 Å². The number of ether oxygens (including phenoxy) is 1. The maximum absolute atomic E-state index is 12.8. The van der Waals surface area contributed by atoms with Crippen molar-refractivity contribution < 1.29 is 22.7 Å². The summed E-state index contributed by atoms with van der Waals surface area (Å²) in [5.41, 5.74) is 4.89. The molecule has 2 amide bonds. The molecule has 2 aromatic carbocycles. The topological polar surface area (TPSA) is 126 Å². The molecule has 0 radical (unpaired) electrons. The molecule has 0 spiro atoms. The van der Waals surface area contributed by atoms with Crippen LogP contribution in [0, 0.1) is 0 Å². The molecule has 0 unspecified atom stereocenters. The zero-order valence-electron chi connectivity index (χ0n) is 16.1. The lowest BCUT2D eigenvalue weighted by Crippen LogP contribution is -2.41. The van der Waals surface area contributed by atoms with Gasteiger partial charge in [-0.3, -0.25) is 30.1 Å². The Kier molecular flexibility index (Phi) is 6.73. The summed E-state index contributed by atoms with van der Waals surface area (Å²) in [5.74, 6) is -0.991. The van der Waals surface area contributed by atoms with Crippen molar-refractivity contribution in [2.45, 2.75) is 4.90 Å². The van der Waals surface area contributed by atoms with Crippen molar-refractivity contribution in [1.29, 1.82) is 0 Å². The molecule has 0 aliphatic carbocycles. The number of rotatable bonds is 6. The van der Waals surface area contributed by atoms with Gasteiger partial charge in [0.05, 0.1) is 23.3 Å². The minimum absolute atomic E-state index is 0.0208. The Hall–Kier alpha value is -3.63. The van der Waals surface area contributed by atoms with Crippen molar-refractivity contribution in [2.24, 2.45) is 0 Å². The van der Waals surface area contributed by atoms with Crippen LogP contribution in [0.5, 0.6) is 5.75 Å². The van der Waals surface area contributed by atoms with Gasteiger partial charge in [0.1, 0.15) is 5.75 Å². The molecule has 1 heterocycles. The Morgan fingerprint density at radius 2 is 1.68 bits per heavy atom. The highest BCUT2D eigenvalue weighted by Gasteiger charge is 2.19. The highest BCUT2D eigenvalue weighted by Crippen LogP contribution is 2.29. The van der Waals surface area contributed by atoms with Gasteiger partial charge in [-0.2, -0.15) is 0 Å². The third-order valence-corrected chi connectivity index (χ3v) is 5.62. The van der Waals surface area contributed by atoms with Crippen LogP contribution in [0.4, 0.5) is 5.69 Å². The summed E-state index contributed by atoms with van der Waals surface area (Å²) in [7, 11) is -2.66. The second kappa shape index (κ2) is 9.45. The second-order valence-electron chi connectivity index (χ2n) is 6.13. The first-order valence-electron chi connectivity index (χ1n) is 8.77. The Labute approximate surface area is 183 Å². The predicted molar refractivity (Wildman–Crippen MR) is 114 cm³/mol. The van der Waals surface area contributed by atoms with E-state index in [9.17, 15) is 18.0 Å². The normalized spacial score (nSPS) is 10.8. The fraction of sp³-hybridized carbons (Fsp3) is 0.0500. The fourth-order valence-electron chi connectivity index (χ4n) is 2.52. The number of anilines is 1. The number of pyridine rings is 1. The van der Waals surface area contributed by atoms with E-state index in [1.807, 2.05) is 0 Å². The lowest BCUT2D eigenvalue weighted by molar-refractivity contribution is 0.0846. The van der Waals surface area contributed by atoms with Crippen molar-refractivity contribution in [2.75, 3.05) is 11.8 Å². The molecule has 1 aromatic heterocycles. The Morgan fingerprint density at radius 3 is 2.35 bits per heavy atom. The Bertz CT molecular complexity index is 1220. The lowest BCUT2D eigenvalue weighted by atomic mass is 10.2. The number of hydrazine groups is 1. The van der Waals surface area contributed by atoms with E-state index in [0.717, 1.165) is 0 Å². The quantitative estimate of drug-likeness (QED) is 0.485. The fourth-order valence-corrected chi connectivity index (χ4v) is 3.80. The molecule has 9 nitrogen and oxygen atoms in total. The molecule has 0 aliphatic rings. The highest BCUT2D eigenvalue weighted by atomic mass is 35.5. The summed E-state index contributed by atoms with van der Waals surface area (Å²) in [6.45, 7) is 0. The number of amides is 2. The third kappa shape index (κ3) is 5.50. The van der Waals surface area contributed by atoms with Crippen molar-refractivity contribution in [3.05, 3.63) is 83.1 Å². The monoisotopic (exact) mass is 460 g/mol. The standard InChI is InChI=1S/C20H17ClN4O5S/c1-30-18-8-7-15(21)11-17(18)25-31(28,29)16-6-2-4-13(10-16)19(26)23-24-20(27)14-5-3-9-22-12-14/h2-12,25H,1H3,(H,23,26)(H,24,27). The smallest absolute Gasteiger partial charge is 0.271 e. The maximum Gasteiger partial charge on any atom is 0.271 e. The average molecular weight is 461 g/mol. The van der Waals surface area contributed by atoms with Gasteiger partial charge in [-0.25, -0.2) is 8.42 Å². The Balaban J connectivity index is 1.75. The largest absolute Gasteiger partial charge is 0.495 e. The van der Waals surface area contributed by atoms with Crippen LogP contribution in [-0.4, -0.2) is 32.3 Å². The molecule has 0 bridgehead atoms. The minimum atomic E-state index is -4.06. The van der Waals surface area contributed by atoms with Gasteiger partial charge >= 0.3 is 0 Å². The van der Waals surface area contributed by atoms with E-state index in [4.69, 9.17) is 16.3 Å². The van der Waals surface area contributed by atoms with Crippen molar-refractivity contribution in [1.82, 2.24) is 15.8 Å². The summed E-state index contributed by atoms with van der Waals surface area (Å²) in [6.07, 6.45) is 2.85. The molecule has 31 heavy (non-hydrogen) atoms. The number of aromatic nitrogens is 1. The number of halogens is 1. The molecule has 0 saturated carbocycles. The number of nitrogens with one attached hydrogen (secondary N) is 3. The minimum Gasteiger partial charge on any atom is -0.495 e. The van der Waals surface area contributed by atoms with Crippen molar-refractivity contribution in [3.8, 4) is 5.75 Å². The molecule has 0 aliphatic heterocycles. The van der Waals surface area contributed by atoms with Crippen LogP contribution in [0.1, 0.15) is 20.7 Å². The number of methoxy groups -OCH3 is 1. The van der Waals surface area contributed by atoms with Gasteiger partial charge in [0, 0.05) is 23.0 Å². The van der Waals surface area contributed by atoms with E-state index in [2.05, 4.69) is 20.6 Å². The van der Waals surface area contributed by atoms with Gasteiger partial charge in [-0.1, -0.05) is 17.7 Å². The van der Waals surface area contributed by atoms with E-state index in [0.29, 0.717) is 5.02 Å². The van der Waals surface area contributed by atoms with Crippen molar-refractivity contribution in [3.63, 3.8) is 0 Å². The molecule has 0 atom stereocenters. The molecule has 3 N–H and O–H groups in total. The first kappa shape index (κ1) is 22.1. The number of benzene rings is 2. The van der Waals surface area contributed by atoms with Gasteiger partial charge in [0.2, 0.25) is 0 Å². The lowest BCUT2D eigenvalue weighted by Gasteiger charge is -2.13. The SMILES string of the molecule is COc1ccc(Cl)cc1NS(=O)(=O)c1cccc(C(=O)NNC(=O)c2cccnc2)c1. The summed E-state index contributed by atoms with van der Waals surface area (Å²) in [4.78, 5) is 28.0. The summed E-state index contributed by atoms with van der Waals surface area (Å²) >= 11 is 5.94. The molecule has 3 aromatic rings. The first-order valence-corrected chi connectivity index (χ1v) is 10.6. The average Bonchev–Trinajstić information content (AvgIpc) is 2.78. The van der Waals surface area contributed by atoms with Crippen LogP contribution in [-0.2, 0) is 10.0 Å². The van der Waals surface area contributed by atoms with E-state index < -0.39 is 21.8 Å². The molecular weight excluding hydrogens is 444 g/mol. The zero-order valence-corrected chi connectivity index (χ0v) is 17.7. The molecule has 11 heteroatoms. The second-order valence-corrected chi connectivity index (χ2v) is 8.25. The summed E-state index contributed by atoms with van der Waals surface area (Å²) < 4.78 is 33.1. The van der Waals surface area contributed by atoms with Crippen LogP contribution in [0.15, 0.2) is 71.9 Å². The van der Waals surface area contributed by atoms with Crippen LogP contribution in [0.2, 0.25) is 5.02 Å². The predicted octanol–water partition coefficient (Wildman–Crippen LogP) is 2.62. The van der Waals surface area contributed by atoms with Gasteiger partial charge in [-0.15, -0.1) is 0 Å². The van der Waals surface area contributed by atoms with E-state index in [-0.39, 0.29) is 27.5 Å². The number of hydrogen-bond acceptors (Lipinski definition) is 6. The van der Waals surface area contributed by atoms with Gasteiger partial charge < -0.3 is 4.74 Å². The van der Waals surface area contributed by atoms with Gasteiger partial charge in [0.25, 0.3) is 21.8 Å². The summed E-state index contributed by atoms with van der Waals surface area (Å²) in [5, 5.41) is 0.316. The number of hydrogen-bond donors (Lipinski definition) is 3. The van der Waals surface area contributed by atoms with E-state index in [1.165, 1.54) is 62.0 Å². The Morgan fingerprint density at radius 1 is 0.968 bits per heavy atom. The first-order chi connectivity index (χ1) is 14.8. The zero-order chi connectivity index (χ0) is 22.4. The van der Waals surface area contributed by atoms with Crippen molar-refractivity contribution >= 4 is 39.1 Å². The number of nitrogens with zero attached hydrogens (tertiary/aromatic N) is 1. The molecule has 0 saturated heterocycles. The number of sulfonamides is 1. The number of carbonyl (C=O) groups excluding carboxylic acids is 2. The van der Waals surface area contributed by atoms with Crippen LogP contribution in [0.3, 0.4) is 0 Å². The molecule has 3 rings (SSSR count). The van der Waals surface area contributed by atoms with Crippen LogP contribution < -0.4 is 20.3 Å².